The maximum Gasteiger partial charge on any atom is 0.408 e. The molecule has 0 radical (unpaired) electrons. The van der Waals surface area contributed by atoms with Gasteiger partial charge in [0.2, 0.25) is 11.8 Å². The Bertz CT molecular complexity index is 1930. The lowest BCUT2D eigenvalue weighted by Gasteiger charge is -2.31. The lowest BCUT2D eigenvalue weighted by atomic mass is 9.87. The van der Waals surface area contributed by atoms with Gasteiger partial charge in [-0.1, -0.05) is 103 Å². The lowest BCUT2D eigenvalue weighted by Crippen LogP contribution is -2.54. The van der Waals surface area contributed by atoms with E-state index >= 15 is 0 Å². The maximum atomic E-state index is 14.3. The smallest absolute Gasteiger partial charge is 0.408 e. The number of hydrogen-bond acceptors (Lipinski definition) is 7. The molecule has 1 heterocycles. The molecule has 7 rings (SSSR count). The molecule has 3 aliphatic rings. The normalized spacial score (nSPS) is 19.1. The number of carbonyl (C=O) groups excluding carboxylic acids is 4. The highest BCUT2D eigenvalue weighted by Gasteiger charge is 2.43. The fourth-order valence-electron chi connectivity index (χ4n) is 8.10. The summed E-state index contributed by atoms with van der Waals surface area (Å²) in [5.41, 5.74) is 13.4. The summed E-state index contributed by atoms with van der Waals surface area (Å²) in [6, 6.07) is 30.9. The molecular weight excluding hydrogens is 683 g/mol. The summed E-state index contributed by atoms with van der Waals surface area (Å²) in [6.45, 7) is 0.536. The average Bonchev–Trinajstić information content (AvgIpc) is 3.77. The number of carbonyl (C=O) groups is 4. The number of fused-ring (bicyclic) bond motifs is 4. The zero-order valence-electron chi connectivity index (χ0n) is 30.2. The van der Waals surface area contributed by atoms with Crippen LogP contribution >= 0.6 is 0 Å². The summed E-state index contributed by atoms with van der Waals surface area (Å²) in [5.74, 6) is -0.870. The Morgan fingerprint density at radius 2 is 1.44 bits per heavy atom. The molecule has 4 amide bonds. The highest BCUT2D eigenvalue weighted by molar-refractivity contribution is 5.92. The van der Waals surface area contributed by atoms with E-state index in [1.54, 1.807) is 0 Å². The number of amides is 4. The van der Waals surface area contributed by atoms with Crippen LogP contribution in [-0.4, -0.2) is 66.7 Å². The SMILES string of the molecule is NCCC[C@H](NC(=O)OCc1ccccc1)C(=O)N1C[C@@H](NC(=O)OCC2c3ccccc3-c3ccccc32)C[C@H]1C(=O)NC1CCCc2ccccc21. The molecule has 0 saturated carbocycles. The van der Waals surface area contributed by atoms with Crippen molar-refractivity contribution in [1.82, 2.24) is 20.9 Å². The van der Waals surface area contributed by atoms with Crippen LogP contribution in [0.15, 0.2) is 103 Å². The van der Waals surface area contributed by atoms with Crippen LogP contribution in [0.3, 0.4) is 0 Å². The van der Waals surface area contributed by atoms with Crippen molar-refractivity contribution < 1.29 is 28.7 Å². The summed E-state index contributed by atoms with van der Waals surface area (Å²) in [6.07, 6.45) is 2.16. The summed E-state index contributed by atoms with van der Waals surface area (Å²) < 4.78 is 11.3. The number of nitrogens with zero attached hydrogens (tertiary/aromatic N) is 1. The first-order chi connectivity index (χ1) is 26.4. The maximum absolute atomic E-state index is 14.3. The third kappa shape index (κ3) is 8.26. The minimum atomic E-state index is -0.990. The number of likely N-dealkylation sites (tertiary alicyclic amines) is 1. The molecule has 11 heteroatoms. The quantitative estimate of drug-likeness (QED) is 0.146. The van der Waals surface area contributed by atoms with E-state index in [0.717, 1.165) is 52.6 Å². The van der Waals surface area contributed by atoms with Gasteiger partial charge in [0, 0.05) is 12.5 Å². The van der Waals surface area contributed by atoms with E-state index in [1.807, 2.05) is 72.8 Å². The molecule has 1 aliphatic heterocycles. The van der Waals surface area contributed by atoms with Crippen LogP contribution in [0, 0.1) is 0 Å². The van der Waals surface area contributed by atoms with Crippen molar-refractivity contribution in [1.29, 1.82) is 0 Å². The van der Waals surface area contributed by atoms with E-state index in [9.17, 15) is 19.2 Å². The summed E-state index contributed by atoms with van der Waals surface area (Å²) in [5, 5.41) is 8.87. The molecule has 4 aromatic rings. The number of hydrogen-bond donors (Lipinski definition) is 4. The first kappa shape index (κ1) is 36.7. The predicted octanol–water partition coefficient (Wildman–Crippen LogP) is 5.72. The zero-order valence-corrected chi connectivity index (χ0v) is 30.2. The summed E-state index contributed by atoms with van der Waals surface area (Å²) in [7, 11) is 0. The van der Waals surface area contributed by atoms with Gasteiger partial charge in [0.25, 0.3) is 0 Å². The van der Waals surface area contributed by atoms with Gasteiger partial charge >= 0.3 is 12.2 Å². The van der Waals surface area contributed by atoms with Crippen molar-refractivity contribution in [3.8, 4) is 11.1 Å². The fourth-order valence-corrected chi connectivity index (χ4v) is 8.10. The van der Waals surface area contributed by atoms with Gasteiger partial charge in [0.05, 0.1) is 12.1 Å². The second kappa shape index (κ2) is 17.0. The summed E-state index contributed by atoms with van der Waals surface area (Å²) >= 11 is 0. The van der Waals surface area contributed by atoms with Crippen LogP contribution < -0.4 is 21.7 Å². The number of nitrogens with one attached hydrogen (secondary N) is 3. The number of nitrogens with two attached hydrogens (primary N) is 1. The number of benzene rings is 4. The molecule has 54 heavy (non-hydrogen) atoms. The van der Waals surface area contributed by atoms with Gasteiger partial charge in [-0.25, -0.2) is 9.59 Å². The van der Waals surface area contributed by atoms with Gasteiger partial charge in [-0.2, -0.15) is 0 Å². The molecule has 0 bridgehead atoms. The molecule has 4 aromatic carbocycles. The van der Waals surface area contributed by atoms with Crippen LogP contribution in [0.5, 0.6) is 0 Å². The number of aryl methyl sites for hydroxylation is 1. The predicted molar refractivity (Wildman–Crippen MR) is 204 cm³/mol. The van der Waals surface area contributed by atoms with Crippen LogP contribution in [0.4, 0.5) is 9.59 Å². The third-order valence-corrected chi connectivity index (χ3v) is 10.7. The average molecular weight is 730 g/mol. The van der Waals surface area contributed by atoms with E-state index in [2.05, 4.69) is 46.3 Å². The molecule has 4 atom stereocenters. The first-order valence-electron chi connectivity index (χ1n) is 18.9. The standard InChI is InChI=1S/C43H47N5O6/c44-23-11-22-38(47-43(52)53-26-28-12-2-1-3-13-28)41(50)48-25-30(24-39(48)40(49)46-37-21-10-15-29-14-4-5-16-31(29)37)45-42(51)54-27-36-34-19-8-6-17-32(34)33-18-7-9-20-35(33)36/h1-9,12-14,16-20,30,36-39H,10-11,15,21-27,44H2,(H,45,51)(H,46,49)(H,47,52)/t30-,37?,38-,39-/m0/s1. The van der Waals surface area contributed by atoms with Crippen molar-refractivity contribution in [3.63, 3.8) is 0 Å². The Morgan fingerprint density at radius 3 is 2.17 bits per heavy atom. The van der Waals surface area contributed by atoms with Gasteiger partial charge in [-0.3, -0.25) is 9.59 Å². The Hall–Kier alpha value is -5.68. The van der Waals surface area contributed by atoms with E-state index in [-0.39, 0.29) is 50.5 Å². The Balaban J connectivity index is 1.05. The highest BCUT2D eigenvalue weighted by atomic mass is 16.6. The molecule has 11 nitrogen and oxygen atoms in total. The zero-order chi connectivity index (χ0) is 37.4. The highest BCUT2D eigenvalue weighted by Crippen LogP contribution is 2.44. The van der Waals surface area contributed by atoms with Gasteiger partial charge in [0.15, 0.2) is 0 Å². The monoisotopic (exact) mass is 729 g/mol. The fraction of sp³-hybridized carbons (Fsp3) is 0.349. The van der Waals surface area contributed by atoms with Crippen LogP contribution in [0.2, 0.25) is 0 Å². The second-order valence-electron chi connectivity index (χ2n) is 14.3. The van der Waals surface area contributed by atoms with Crippen molar-refractivity contribution in [2.75, 3.05) is 19.7 Å². The number of rotatable bonds is 12. The topological polar surface area (TPSA) is 152 Å². The molecule has 1 saturated heterocycles. The van der Waals surface area contributed by atoms with Crippen molar-refractivity contribution >= 4 is 24.0 Å². The molecule has 1 fully saturated rings. The Morgan fingerprint density at radius 1 is 0.778 bits per heavy atom. The number of ether oxygens (including phenoxy) is 2. The van der Waals surface area contributed by atoms with Gasteiger partial charge in [-0.05, 0) is 84.0 Å². The van der Waals surface area contributed by atoms with Gasteiger partial charge in [-0.15, -0.1) is 0 Å². The van der Waals surface area contributed by atoms with Gasteiger partial charge in [0.1, 0.15) is 25.3 Å². The van der Waals surface area contributed by atoms with Crippen LogP contribution in [0.25, 0.3) is 11.1 Å². The molecule has 0 aromatic heterocycles. The van der Waals surface area contributed by atoms with E-state index < -0.39 is 36.2 Å². The number of alkyl carbamates (subject to hydrolysis) is 2. The molecule has 5 N–H and O–H groups in total. The van der Waals surface area contributed by atoms with Crippen LogP contribution in [0.1, 0.15) is 71.9 Å². The summed E-state index contributed by atoms with van der Waals surface area (Å²) in [4.78, 5) is 56.3. The Kier molecular flexibility index (Phi) is 11.5. The van der Waals surface area contributed by atoms with E-state index in [1.165, 1.54) is 10.5 Å². The van der Waals surface area contributed by atoms with Crippen molar-refractivity contribution in [2.45, 2.75) is 75.2 Å². The molecule has 280 valence electrons. The van der Waals surface area contributed by atoms with Crippen molar-refractivity contribution in [3.05, 3.63) is 131 Å². The van der Waals surface area contributed by atoms with Crippen LogP contribution in [-0.2, 0) is 32.1 Å². The van der Waals surface area contributed by atoms with E-state index in [0.29, 0.717) is 13.0 Å². The molecule has 1 unspecified atom stereocenters. The van der Waals surface area contributed by atoms with Crippen molar-refractivity contribution in [2.24, 2.45) is 5.73 Å². The Labute approximate surface area is 315 Å². The molecule has 2 aliphatic carbocycles. The minimum absolute atomic E-state index is 0.0359. The minimum Gasteiger partial charge on any atom is -0.449 e. The molecular formula is C43H47N5O6. The lowest BCUT2D eigenvalue weighted by molar-refractivity contribution is -0.140. The molecule has 0 spiro atoms. The largest absolute Gasteiger partial charge is 0.449 e. The first-order valence-corrected chi connectivity index (χ1v) is 18.9. The van der Waals surface area contributed by atoms with E-state index in [4.69, 9.17) is 15.2 Å². The van der Waals surface area contributed by atoms with Gasteiger partial charge < -0.3 is 36.1 Å². The third-order valence-electron chi connectivity index (χ3n) is 10.7. The second-order valence-corrected chi connectivity index (χ2v) is 14.3.